The summed E-state index contributed by atoms with van der Waals surface area (Å²) in [4.78, 5) is 44.8. The lowest BCUT2D eigenvalue weighted by molar-refractivity contribution is -0.132. The Morgan fingerprint density at radius 2 is 1.80 bits per heavy atom. The molecule has 4 aliphatic rings. The zero-order chi connectivity index (χ0) is 29.0. The van der Waals surface area contributed by atoms with Gasteiger partial charge >= 0.3 is 0 Å². The zero-order valence-electron chi connectivity index (χ0n) is 25.0. The Balaban J connectivity index is 1.37. The first kappa shape index (κ1) is 29.8. The number of carbonyl (C=O) groups excluding carboxylic acids is 3. The average Bonchev–Trinajstić information content (AvgIpc) is 2.95. The van der Waals surface area contributed by atoms with E-state index in [4.69, 9.17) is 9.47 Å². The van der Waals surface area contributed by atoms with Crippen molar-refractivity contribution in [3.8, 4) is 5.75 Å². The van der Waals surface area contributed by atoms with Gasteiger partial charge in [-0.25, -0.2) is 0 Å². The minimum atomic E-state index is -0.609. The molecule has 3 heterocycles. The van der Waals surface area contributed by atoms with Crippen molar-refractivity contribution in [2.45, 2.75) is 109 Å². The van der Waals surface area contributed by atoms with Gasteiger partial charge in [-0.3, -0.25) is 19.3 Å². The van der Waals surface area contributed by atoms with Crippen molar-refractivity contribution in [1.29, 1.82) is 0 Å². The number of ether oxygens (including phenoxy) is 2. The number of nitrogens with one attached hydrogen (secondary N) is 2. The van der Waals surface area contributed by atoms with Crippen LogP contribution in [-0.4, -0.2) is 90.6 Å². The lowest BCUT2D eigenvalue weighted by Gasteiger charge is -2.45. The first-order chi connectivity index (χ1) is 19.7. The molecule has 1 saturated carbocycles. The number of para-hydroxylation sites is 1. The standard InChI is InChI=1S/C32H48N4O5/c1-32(2,3)19-29(37)34-25-14-13-23-15-18-40-27-12-8-7-11-24(27)31(39)36-17-16-35(22-9-5-4-6-10-22)21-26(36)30(38)33-20-28(25)41-23/h7-8,11-12,22-23,25-26,28H,4-6,9-10,13-21H2,1-3H3,(H,33,38)(H,34,37)/t23-,25+,26-,28+/m0/s1. The molecule has 226 valence electrons. The van der Waals surface area contributed by atoms with Gasteiger partial charge in [-0.1, -0.05) is 52.2 Å². The van der Waals surface area contributed by atoms with Crippen molar-refractivity contribution in [3.05, 3.63) is 29.8 Å². The normalized spacial score (nSPS) is 28.9. The second kappa shape index (κ2) is 13.1. The highest BCUT2D eigenvalue weighted by Gasteiger charge is 2.40. The van der Waals surface area contributed by atoms with Crippen LogP contribution in [0.1, 0.15) is 88.9 Å². The van der Waals surface area contributed by atoms with Crippen LogP contribution in [0.25, 0.3) is 0 Å². The summed E-state index contributed by atoms with van der Waals surface area (Å²) in [5.41, 5.74) is 0.381. The largest absolute Gasteiger partial charge is 0.493 e. The molecule has 2 bridgehead atoms. The number of benzene rings is 1. The Morgan fingerprint density at radius 3 is 2.59 bits per heavy atom. The highest BCUT2D eigenvalue weighted by Crippen LogP contribution is 2.29. The molecule has 9 nitrogen and oxygen atoms in total. The molecule has 1 aliphatic carbocycles. The summed E-state index contributed by atoms with van der Waals surface area (Å²) in [6.07, 6.45) is 8.26. The van der Waals surface area contributed by atoms with E-state index >= 15 is 0 Å². The van der Waals surface area contributed by atoms with Crippen molar-refractivity contribution in [1.82, 2.24) is 20.4 Å². The predicted octanol–water partition coefficient (Wildman–Crippen LogP) is 3.51. The first-order valence-corrected chi connectivity index (χ1v) is 15.7. The third-order valence-corrected chi connectivity index (χ3v) is 9.01. The summed E-state index contributed by atoms with van der Waals surface area (Å²) in [6, 6.07) is 7.02. The highest BCUT2D eigenvalue weighted by atomic mass is 16.5. The Kier molecular flexibility index (Phi) is 9.54. The zero-order valence-corrected chi connectivity index (χ0v) is 25.0. The van der Waals surface area contributed by atoms with Gasteiger partial charge < -0.3 is 25.0 Å². The number of fused-ring (bicyclic) bond motifs is 4. The van der Waals surface area contributed by atoms with E-state index in [1.165, 1.54) is 19.3 Å². The lowest BCUT2D eigenvalue weighted by atomic mass is 9.91. The molecule has 2 saturated heterocycles. The van der Waals surface area contributed by atoms with Crippen LogP contribution >= 0.6 is 0 Å². The van der Waals surface area contributed by atoms with Gasteiger partial charge in [0, 0.05) is 45.1 Å². The van der Waals surface area contributed by atoms with Crippen LogP contribution < -0.4 is 15.4 Å². The summed E-state index contributed by atoms with van der Waals surface area (Å²) in [7, 11) is 0. The van der Waals surface area contributed by atoms with Crippen molar-refractivity contribution in [2.75, 3.05) is 32.8 Å². The maximum Gasteiger partial charge on any atom is 0.258 e. The van der Waals surface area contributed by atoms with Gasteiger partial charge in [0.05, 0.1) is 30.4 Å². The van der Waals surface area contributed by atoms with E-state index in [1.807, 2.05) is 39.0 Å². The van der Waals surface area contributed by atoms with Gasteiger partial charge in [0.2, 0.25) is 11.8 Å². The highest BCUT2D eigenvalue weighted by molar-refractivity contribution is 6.00. The quantitative estimate of drug-likeness (QED) is 0.579. The smallest absolute Gasteiger partial charge is 0.258 e. The molecule has 2 N–H and O–H groups in total. The van der Waals surface area contributed by atoms with Crippen LogP contribution in [0.3, 0.4) is 0 Å². The minimum Gasteiger partial charge on any atom is -0.493 e. The Hall–Kier alpha value is -2.65. The number of piperazine rings is 1. The second-order valence-electron chi connectivity index (χ2n) is 13.5. The van der Waals surface area contributed by atoms with Crippen LogP contribution in [0, 0.1) is 5.41 Å². The van der Waals surface area contributed by atoms with E-state index in [2.05, 4.69) is 15.5 Å². The van der Waals surface area contributed by atoms with Crippen molar-refractivity contribution in [3.63, 3.8) is 0 Å². The van der Waals surface area contributed by atoms with Gasteiger partial charge in [0.1, 0.15) is 11.8 Å². The Morgan fingerprint density at radius 1 is 1.02 bits per heavy atom. The molecule has 5 rings (SSSR count). The number of rotatable bonds is 3. The fourth-order valence-corrected chi connectivity index (χ4v) is 6.86. The van der Waals surface area contributed by atoms with Gasteiger partial charge in [-0.2, -0.15) is 0 Å². The molecule has 3 aliphatic heterocycles. The van der Waals surface area contributed by atoms with Gasteiger partial charge in [0.25, 0.3) is 5.91 Å². The molecular formula is C32H48N4O5. The van der Waals surface area contributed by atoms with Crippen LogP contribution in [-0.2, 0) is 14.3 Å². The number of carbonyl (C=O) groups is 3. The molecule has 0 unspecified atom stereocenters. The number of amides is 3. The van der Waals surface area contributed by atoms with E-state index in [1.54, 1.807) is 11.0 Å². The minimum absolute atomic E-state index is 0.00222. The van der Waals surface area contributed by atoms with Gasteiger partial charge in [-0.05, 0) is 43.2 Å². The predicted molar refractivity (Wildman–Crippen MR) is 157 cm³/mol. The van der Waals surface area contributed by atoms with Crippen LogP contribution in [0.15, 0.2) is 24.3 Å². The van der Waals surface area contributed by atoms with Gasteiger partial charge in [-0.15, -0.1) is 0 Å². The van der Waals surface area contributed by atoms with Crippen LogP contribution in [0.4, 0.5) is 0 Å². The molecule has 9 heteroatoms. The Labute approximate surface area is 244 Å². The molecular weight excluding hydrogens is 520 g/mol. The van der Waals surface area contributed by atoms with E-state index in [9.17, 15) is 14.4 Å². The Bertz CT molecular complexity index is 1080. The van der Waals surface area contributed by atoms with Crippen LogP contribution in [0.5, 0.6) is 5.75 Å². The molecule has 3 amide bonds. The maximum atomic E-state index is 13.9. The topological polar surface area (TPSA) is 100 Å². The van der Waals surface area contributed by atoms with Crippen molar-refractivity contribution < 1.29 is 23.9 Å². The summed E-state index contributed by atoms with van der Waals surface area (Å²) < 4.78 is 12.6. The molecule has 3 fully saturated rings. The number of hydrogen-bond acceptors (Lipinski definition) is 6. The average molecular weight is 569 g/mol. The number of hydrogen-bond donors (Lipinski definition) is 2. The first-order valence-electron chi connectivity index (χ1n) is 15.7. The SMILES string of the molecule is CC(C)(C)CC(=O)N[C@@H]1CC[C@H]2CCOc3ccccc3C(=O)N3CCN(C4CCCCC4)C[C@H]3C(=O)NC[C@H]1O2. The second-order valence-corrected chi connectivity index (χ2v) is 13.5. The van der Waals surface area contributed by atoms with E-state index in [0.29, 0.717) is 49.9 Å². The molecule has 1 aromatic carbocycles. The van der Waals surface area contributed by atoms with E-state index < -0.39 is 6.04 Å². The van der Waals surface area contributed by atoms with Gasteiger partial charge in [0.15, 0.2) is 0 Å². The van der Waals surface area contributed by atoms with E-state index in [-0.39, 0.29) is 47.9 Å². The summed E-state index contributed by atoms with van der Waals surface area (Å²) in [5.74, 6) is 0.218. The van der Waals surface area contributed by atoms with Crippen molar-refractivity contribution >= 4 is 17.7 Å². The monoisotopic (exact) mass is 568 g/mol. The fourth-order valence-electron chi connectivity index (χ4n) is 6.86. The molecule has 41 heavy (non-hydrogen) atoms. The summed E-state index contributed by atoms with van der Waals surface area (Å²) in [6.45, 7) is 8.64. The summed E-state index contributed by atoms with van der Waals surface area (Å²) >= 11 is 0. The summed E-state index contributed by atoms with van der Waals surface area (Å²) in [5, 5.41) is 6.33. The third kappa shape index (κ3) is 7.60. The molecule has 4 atom stereocenters. The molecule has 0 radical (unpaired) electrons. The van der Waals surface area contributed by atoms with E-state index in [0.717, 1.165) is 32.2 Å². The number of nitrogens with zero attached hydrogens (tertiary/aromatic N) is 2. The maximum absolute atomic E-state index is 13.9. The fraction of sp³-hybridized carbons (Fsp3) is 0.719. The molecule has 0 spiro atoms. The molecule has 1 aromatic rings. The van der Waals surface area contributed by atoms with Crippen LogP contribution in [0.2, 0.25) is 0 Å². The third-order valence-electron chi connectivity index (χ3n) is 9.01. The van der Waals surface area contributed by atoms with Crippen molar-refractivity contribution in [2.24, 2.45) is 5.41 Å². The molecule has 0 aromatic heterocycles. The lowest BCUT2D eigenvalue weighted by Crippen LogP contribution is -2.63.